The van der Waals surface area contributed by atoms with E-state index in [4.69, 9.17) is 9.47 Å². The number of rotatable bonds is 7. The van der Waals surface area contributed by atoms with Crippen LogP contribution in [0.5, 0.6) is 0 Å². The monoisotopic (exact) mass is 459 g/mol. The number of hydrogen-bond donors (Lipinski definition) is 2. The van der Waals surface area contributed by atoms with Crippen molar-refractivity contribution in [2.24, 2.45) is 0 Å². The number of aryl methyl sites for hydroxylation is 3. The van der Waals surface area contributed by atoms with Crippen molar-refractivity contribution in [3.05, 3.63) is 51.8 Å². The third-order valence-electron chi connectivity index (χ3n) is 5.60. The smallest absolute Gasteiger partial charge is 0.340 e. The first-order valence-electron chi connectivity index (χ1n) is 10.4. The van der Waals surface area contributed by atoms with Gasteiger partial charge in [0.05, 0.1) is 18.0 Å². The highest BCUT2D eigenvalue weighted by Gasteiger charge is 2.37. The lowest BCUT2D eigenvalue weighted by atomic mass is 10.1. The molecule has 1 atom stereocenters. The molecule has 1 aliphatic heterocycles. The number of benzene rings is 1. The molecule has 2 heterocycles. The van der Waals surface area contributed by atoms with Crippen LogP contribution >= 0.6 is 11.8 Å². The molecule has 1 aromatic heterocycles. The largest absolute Gasteiger partial charge is 0.460 e. The molecule has 1 fully saturated rings. The van der Waals surface area contributed by atoms with Crippen LogP contribution in [0.4, 0.5) is 5.69 Å². The van der Waals surface area contributed by atoms with E-state index in [1.165, 1.54) is 18.9 Å². The van der Waals surface area contributed by atoms with E-state index in [0.717, 1.165) is 11.1 Å². The molecule has 0 radical (unpaired) electrons. The number of aromatic nitrogens is 1. The fraction of sp³-hybridized carbons (Fsp3) is 0.435. The quantitative estimate of drug-likeness (QED) is 0.487. The van der Waals surface area contributed by atoms with Gasteiger partial charge in [-0.2, -0.15) is 0 Å². The first-order valence-corrected chi connectivity index (χ1v) is 11.5. The average Bonchev–Trinajstić information content (AvgIpc) is 3.35. The molecule has 0 bridgehead atoms. The van der Waals surface area contributed by atoms with Crippen molar-refractivity contribution in [3.8, 4) is 0 Å². The van der Waals surface area contributed by atoms with Gasteiger partial charge in [-0.25, -0.2) is 4.79 Å². The number of carbonyl (C=O) groups is 3. The van der Waals surface area contributed by atoms with Gasteiger partial charge in [0, 0.05) is 24.2 Å². The summed E-state index contributed by atoms with van der Waals surface area (Å²) < 4.78 is 10.1. The van der Waals surface area contributed by atoms with E-state index >= 15 is 0 Å². The number of esters is 1. The van der Waals surface area contributed by atoms with E-state index in [1.807, 2.05) is 32.0 Å². The number of methoxy groups -OCH3 is 1. The molecule has 2 amide bonds. The van der Waals surface area contributed by atoms with Crippen molar-refractivity contribution in [1.82, 2.24) is 9.88 Å². The summed E-state index contributed by atoms with van der Waals surface area (Å²) in [5, 5.41) is 2.92. The maximum absolute atomic E-state index is 13.3. The van der Waals surface area contributed by atoms with Gasteiger partial charge in [-0.05, 0) is 56.5 Å². The van der Waals surface area contributed by atoms with Gasteiger partial charge in [-0.15, -0.1) is 11.8 Å². The third kappa shape index (κ3) is 4.99. The first-order chi connectivity index (χ1) is 15.2. The second-order valence-corrected chi connectivity index (χ2v) is 8.83. The van der Waals surface area contributed by atoms with Crippen LogP contribution in [0.3, 0.4) is 0 Å². The summed E-state index contributed by atoms with van der Waals surface area (Å²) in [6, 6.07) is 5.13. The summed E-state index contributed by atoms with van der Waals surface area (Å²) in [5.74, 6) is -0.145. The molecule has 0 aliphatic carbocycles. The SMILES string of the molecule is COCCOC(=O)c1c(C)[nH]c(C(=O)N2CSCC2C(=O)Nc2ccc(C)c(C)c2)c1C. The number of anilines is 1. The Hall–Kier alpha value is -2.78. The zero-order chi connectivity index (χ0) is 23.4. The molecule has 9 heteroatoms. The number of thioether (sulfide) groups is 1. The van der Waals surface area contributed by atoms with Gasteiger partial charge in [0.15, 0.2) is 0 Å². The molecule has 32 heavy (non-hydrogen) atoms. The van der Waals surface area contributed by atoms with Gasteiger partial charge < -0.3 is 24.7 Å². The predicted octanol–water partition coefficient (Wildman–Crippen LogP) is 3.21. The summed E-state index contributed by atoms with van der Waals surface area (Å²) >= 11 is 1.52. The Balaban J connectivity index is 1.76. The van der Waals surface area contributed by atoms with Crippen LogP contribution in [0.2, 0.25) is 0 Å². The standard InChI is InChI=1S/C23H29N3O5S/c1-13-6-7-17(10-14(13)2)25-21(27)18-11-32-12-26(18)22(28)20-15(3)19(16(4)24-20)23(29)31-9-8-30-5/h6-7,10,18,24H,8-9,11-12H2,1-5H3,(H,25,27). The van der Waals surface area contributed by atoms with E-state index in [-0.39, 0.29) is 18.4 Å². The van der Waals surface area contributed by atoms with E-state index < -0.39 is 12.0 Å². The van der Waals surface area contributed by atoms with Crippen molar-refractivity contribution < 1.29 is 23.9 Å². The number of aromatic amines is 1. The Kier molecular flexibility index (Phi) is 7.63. The van der Waals surface area contributed by atoms with Crippen LogP contribution in [-0.2, 0) is 14.3 Å². The number of carbonyl (C=O) groups excluding carboxylic acids is 3. The van der Waals surface area contributed by atoms with Crippen molar-refractivity contribution in [3.63, 3.8) is 0 Å². The molecular weight excluding hydrogens is 430 g/mol. The molecule has 0 saturated carbocycles. The Morgan fingerprint density at radius 1 is 1.16 bits per heavy atom. The topological polar surface area (TPSA) is 101 Å². The third-order valence-corrected chi connectivity index (χ3v) is 6.61. The van der Waals surface area contributed by atoms with Gasteiger partial charge in [0.2, 0.25) is 5.91 Å². The number of nitrogens with zero attached hydrogens (tertiary/aromatic N) is 1. The summed E-state index contributed by atoms with van der Waals surface area (Å²) in [5.41, 5.74) is 4.64. The number of hydrogen-bond acceptors (Lipinski definition) is 6. The lowest BCUT2D eigenvalue weighted by Gasteiger charge is -2.23. The van der Waals surface area contributed by atoms with Crippen LogP contribution < -0.4 is 5.32 Å². The minimum Gasteiger partial charge on any atom is -0.460 e. The molecule has 172 valence electrons. The van der Waals surface area contributed by atoms with Gasteiger partial charge in [0.25, 0.3) is 5.91 Å². The minimum absolute atomic E-state index is 0.131. The van der Waals surface area contributed by atoms with Crippen LogP contribution in [-0.4, -0.2) is 65.7 Å². The van der Waals surface area contributed by atoms with Gasteiger partial charge in [-0.1, -0.05) is 6.07 Å². The number of nitrogens with one attached hydrogen (secondary N) is 2. The van der Waals surface area contributed by atoms with Crippen molar-refractivity contribution in [2.45, 2.75) is 33.7 Å². The van der Waals surface area contributed by atoms with Crippen molar-refractivity contribution in [2.75, 3.05) is 37.3 Å². The molecule has 2 aromatic rings. The van der Waals surface area contributed by atoms with Crippen LogP contribution in [0, 0.1) is 27.7 Å². The summed E-state index contributed by atoms with van der Waals surface area (Å²) in [7, 11) is 1.53. The van der Waals surface area contributed by atoms with Crippen molar-refractivity contribution in [1.29, 1.82) is 0 Å². The normalized spacial score (nSPS) is 15.7. The highest BCUT2D eigenvalue weighted by Crippen LogP contribution is 2.27. The maximum Gasteiger partial charge on any atom is 0.340 e. The molecule has 0 spiro atoms. The minimum atomic E-state index is -0.603. The molecule has 2 N–H and O–H groups in total. The molecule has 8 nitrogen and oxygen atoms in total. The first kappa shape index (κ1) is 23.9. The average molecular weight is 460 g/mol. The second-order valence-electron chi connectivity index (χ2n) is 7.83. The zero-order valence-corrected chi connectivity index (χ0v) is 19.9. The van der Waals surface area contributed by atoms with Crippen LogP contribution in [0.25, 0.3) is 0 Å². The molecule has 3 rings (SSSR count). The molecule has 1 unspecified atom stereocenters. The highest BCUT2D eigenvalue weighted by atomic mass is 32.2. The second kappa shape index (κ2) is 10.2. The van der Waals surface area contributed by atoms with E-state index in [2.05, 4.69) is 10.3 Å². The maximum atomic E-state index is 13.3. The molecule has 1 aliphatic rings. The van der Waals surface area contributed by atoms with E-state index in [0.29, 0.717) is 46.4 Å². The highest BCUT2D eigenvalue weighted by molar-refractivity contribution is 7.99. The lowest BCUT2D eigenvalue weighted by molar-refractivity contribution is -0.119. The van der Waals surface area contributed by atoms with Crippen LogP contribution in [0.15, 0.2) is 18.2 Å². The predicted molar refractivity (Wildman–Crippen MR) is 124 cm³/mol. The van der Waals surface area contributed by atoms with Gasteiger partial charge in [0.1, 0.15) is 18.3 Å². The molecule has 1 aromatic carbocycles. The lowest BCUT2D eigenvalue weighted by Crippen LogP contribution is -2.44. The molecular formula is C23H29N3O5S. The fourth-order valence-electron chi connectivity index (χ4n) is 3.61. The number of amides is 2. The summed E-state index contributed by atoms with van der Waals surface area (Å²) in [6.45, 7) is 7.85. The Morgan fingerprint density at radius 3 is 2.59 bits per heavy atom. The summed E-state index contributed by atoms with van der Waals surface area (Å²) in [4.78, 5) is 43.3. The van der Waals surface area contributed by atoms with Gasteiger partial charge in [-0.3, -0.25) is 9.59 Å². The number of ether oxygens (including phenoxy) is 2. The Bertz CT molecular complexity index is 1030. The van der Waals surface area contributed by atoms with Crippen LogP contribution in [0.1, 0.15) is 43.2 Å². The molecule has 1 saturated heterocycles. The van der Waals surface area contributed by atoms with E-state index in [9.17, 15) is 14.4 Å². The van der Waals surface area contributed by atoms with Crippen molar-refractivity contribution >= 4 is 35.2 Å². The fourth-order valence-corrected chi connectivity index (χ4v) is 4.76. The number of H-pyrrole nitrogens is 1. The Labute approximate surface area is 192 Å². The van der Waals surface area contributed by atoms with Gasteiger partial charge >= 0.3 is 5.97 Å². The Morgan fingerprint density at radius 2 is 1.91 bits per heavy atom. The zero-order valence-electron chi connectivity index (χ0n) is 19.0. The van der Waals surface area contributed by atoms with E-state index in [1.54, 1.807) is 18.7 Å². The summed E-state index contributed by atoms with van der Waals surface area (Å²) in [6.07, 6.45) is 0.